The topological polar surface area (TPSA) is 57.5 Å². The number of hydrogen-bond donors (Lipinski definition) is 2. The maximum Gasteiger partial charge on any atom is 0.309 e. The standard InChI is InChI=1S/C12H20O3/c13-10(14)11(5-4-6-11)9-12(15)7-2-1-3-8-12/h15H,1-9H2,(H,13,14). The van der Waals surface area contributed by atoms with Crippen LogP contribution in [0.2, 0.25) is 0 Å². The summed E-state index contributed by atoms with van der Waals surface area (Å²) in [7, 11) is 0. The Hall–Kier alpha value is -0.570. The molecule has 0 spiro atoms. The first-order valence-electron chi connectivity index (χ1n) is 6.02. The van der Waals surface area contributed by atoms with Gasteiger partial charge in [0, 0.05) is 0 Å². The summed E-state index contributed by atoms with van der Waals surface area (Å²) in [5.41, 5.74) is -1.27. The van der Waals surface area contributed by atoms with Gasteiger partial charge in [-0.15, -0.1) is 0 Å². The van der Waals surface area contributed by atoms with E-state index in [4.69, 9.17) is 0 Å². The summed E-state index contributed by atoms with van der Waals surface area (Å²) in [6, 6.07) is 0. The Kier molecular flexibility index (Phi) is 2.75. The second-order valence-electron chi connectivity index (χ2n) is 5.40. The van der Waals surface area contributed by atoms with Crippen LogP contribution in [0, 0.1) is 5.41 Å². The molecule has 0 radical (unpaired) electrons. The van der Waals surface area contributed by atoms with Crippen molar-refractivity contribution < 1.29 is 15.0 Å². The highest BCUT2D eigenvalue weighted by Gasteiger charge is 2.49. The number of carboxylic acids is 1. The number of rotatable bonds is 3. The van der Waals surface area contributed by atoms with Crippen LogP contribution in [0.5, 0.6) is 0 Å². The van der Waals surface area contributed by atoms with Gasteiger partial charge in [-0.3, -0.25) is 4.79 Å². The van der Waals surface area contributed by atoms with E-state index >= 15 is 0 Å². The Balaban J connectivity index is 2.02. The van der Waals surface area contributed by atoms with Crippen molar-refractivity contribution in [2.24, 2.45) is 5.41 Å². The zero-order chi connectivity index (χ0) is 10.9. The van der Waals surface area contributed by atoms with Gasteiger partial charge in [-0.2, -0.15) is 0 Å². The van der Waals surface area contributed by atoms with Crippen LogP contribution in [-0.4, -0.2) is 21.8 Å². The zero-order valence-corrected chi connectivity index (χ0v) is 9.17. The second-order valence-corrected chi connectivity index (χ2v) is 5.40. The molecule has 0 aromatic rings. The molecule has 0 aliphatic heterocycles. The van der Waals surface area contributed by atoms with E-state index in [0.717, 1.165) is 44.9 Å². The van der Waals surface area contributed by atoms with Crippen LogP contribution in [-0.2, 0) is 4.79 Å². The van der Waals surface area contributed by atoms with Crippen LogP contribution >= 0.6 is 0 Å². The van der Waals surface area contributed by atoms with Crippen LogP contribution in [0.25, 0.3) is 0 Å². The van der Waals surface area contributed by atoms with E-state index in [1.165, 1.54) is 6.42 Å². The minimum atomic E-state index is -0.701. The Bertz CT molecular complexity index is 250. The first-order chi connectivity index (χ1) is 7.06. The summed E-state index contributed by atoms with van der Waals surface area (Å²) in [6.45, 7) is 0. The first-order valence-corrected chi connectivity index (χ1v) is 6.02. The van der Waals surface area contributed by atoms with Gasteiger partial charge in [0.25, 0.3) is 0 Å². The van der Waals surface area contributed by atoms with E-state index in [2.05, 4.69) is 0 Å². The predicted molar refractivity (Wildman–Crippen MR) is 56.6 cm³/mol. The molecule has 2 rings (SSSR count). The predicted octanol–water partition coefficient (Wildman–Crippen LogP) is 2.33. The number of aliphatic hydroxyl groups is 1. The summed E-state index contributed by atoms with van der Waals surface area (Å²) < 4.78 is 0. The number of carbonyl (C=O) groups is 1. The van der Waals surface area contributed by atoms with Crippen LogP contribution in [0.15, 0.2) is 0 Å². The van der Waals surface area contributed by atoms with Gasteiger partial charge in [0.05, 0.1) is 11.0 Å². The highest BCUT2D eigenvalue weighted by Crippen LogP contribution is 2.49. The highest BCUT2D eigenvalue weighted by atomic mass is 16.4. The molecule has 3 heteroatoms. The van der Waals surface area contributed by atoms with Crippen LogP contribution in [0.4, 0.5) is 0 Å². The van der Waals surface area contributed by atoms with Crippen LogP contribution < -0.4 is 0 Å². The Morgan fingerprint density at radius 3 is 2.00 bits per heavy atom. The summed E-state index contributed by atoms with van der Waals surface area (Å²) in [5, 5.41) is 19.6. The second kappa shape index (κ2) is 3.78. The molecule has 0 atom stereocenters. The van der Waals surface area contributed by atoms with E-state index in [1.807, 2.05) is 0 Å². The van der Waals surface area contributed by atoms with Gasteiger partial charge >= 0.3 is 5.97 Å². The molecular weight excluding hydrogens is 192 g/mol. The van der Waals surface area contributed by atoms with Crippen molar-refractivity contribution in [3.05, 3.63) is 0 Å². The maximum atomic E-state index is 11.2. The van der Waals surface area contributed by atoms with Gasteiger partial charge in [0.1, 0.15) is 0 Å². The molecule has 0 unspecified atom stereocenters. The average Bonchev–Trinajstić information content (AvgIpc) is 2.12. The SMILES string of the molecule is O=C(O)C1(CC2(O)CCCCC2)CCC1. The fraction of sp³-hybridized carbons (Fsp3) is 0.917. The Morgan fingerprint density at radius 1 is 1.00 bits per heavy atom. The molecule has 86 valence electrons. The molecule has 15 heavy (non-hydrogen) atoms. The van der Waals surface area contributed by atoms with Gasteiger partial charge in [-0.05, 0) is 32.1 Å². The molecule has 2 aliphatic rings. The van der Waals surface area contributed by atoms with E-state index in [1.54, 1.807) is 0 Å². The summed E-state index contributed by atoms with van der Waals surface area (Å²) in [4.78, 5) is 11.2. The molecular formula is C12H20O3. The third-order valence-electron chi connectivity index (χ3n) is 4.22. The third-order valence-corrected chi connectivity index (χ3v) is 4.22. The normalized spacial score (nSPS) is 28.1. The molecule has 3 nitrogen and oxygen atoms in total. The van der Waals surface area contributed by atoms with Crippen molar-refractivity contribution in [2.45, 2.75) is 63.4 Å². The van der Waals surface area contributed by atoms with Gasteiger partial charge in [-0.25, -0.2) is 0 Å². The van der Waals surface area contributed by atoms with E-state index in [0.29, 0.717) is 6.42 Å². The molecule has 0 aromatic heterocycles. The minimum absolute atomic E-state index is 0.481. The van der Waals surface area contributed by atoms with E-state index in [-0.39, 0.29) is 0 Å². The molecule has 0 heterocycles. The summed E-state index contributed by atoms with van der Waals surface area (Å²) in [5.74, 6) is -0.701. The number of aliphatic carboxylic acids is 1. The number of hydrogen-bond acceptors (Lipinski definition) is 2. The fourth-order valence-electron chi connectivity index (χ4n) is 3.09. The smallest absolute Gasteiger partial charge is 0.309 e. The van der Waals surface area contributed by atoms with Gasteiger partial charge in [-0.1, -0.05) is 25.7 Å². The fourth-order valence-corrected chi connectivity index (χ4v) is 3.09. The summed E-state index contributed by atoms with van der Waals surface area (Å²) >= 11 is 0. The van der Waals surface area contributed by atoms with Gasteiger partial charge in [0.2, 0.25) is 0 Å². The van der Waals surface area contributed by atoms with Crippen LogP contribution in [0.1, 0.15) is 57.8 Å². The van der Waals surface area contributed by atoms with Crippen molar-refractivity contribution in [3.8, 4) is 0 Å². The van der Waals surface area contributed by atoms with Crippen molar-refractivity contribution in [1.82, 2.24) is 0 Å². The lowest BCUT2D eigenvalue weighted by molar-refractivity contribution is -0.162. The Labute approximate surface area is 90.5 Å². The lowest BCUT2D eigenvalue weighted by Crippen LogP contribution is -2.46. The Morgan fingerprint density at radius 2 is 1.60 bits per heavy atom. The molecule has 2 N–H and O–H groups in total. The van der Waals surface area contributed by atoms with Crippen molar-refractivity contribution in [3.63, 3.8) is 0 Å². The molecule has 2 aliphatic carbocycles. The largest absolute Gasteiger partial charge is 0.481 e. The summed E-state index contributed by atoms with van der Waals surface area (Å²) in [6.07, 6.45) is 7.86. The van der Waals surface area contributed by atoms with Crippen molar-refractivity contribution in [1.29, 1.82) is 0 Å². The van der Waals surface area contributed by atoms with E-state index in [9.17, 15) is 15.0 Å². The molecule has 0 saturated heterocycles. The highest BCUT2D eigenvalue weighted by molar-refractivity contribution is 5.75. The molecule has 0 bridgehead atoms. The molecule has 2 saturated carbocycles. The van der Waals surface area contributed by atoms with Gasteiger partial charge < -0.3 is 10.2 Å². The van der Waals surface area contributed by atoms with Crippen LogP contribution in [0.3, 0.4) is 0 Å². The molecule has 2 fully saturated rings. The van der Waals surface area contributed by atoms with Crippen molar-refractivity contribution >= 4 is 5.97 Å². The molecule has 0 amide bonds. The lowest BCUT2D eigenvalue weighted by atomic mass is 9.61. The maximum absolute atomic E-state index is 11.2. The van der Waals surface area contributed by atoms with Gasteiger partial charge in [0.15, 0.2) is 0 Å². The first kappa shape index (κ1) is 10.9. The monoisotopic (exact) mass is 212 g/mol. The zero-order valence-electron chi connectivity index (χ0n) is 9.17. The lowest BCUT2D eigenvalue weighted by Gasteiger charge is -2.44. The third kappa shape index (κ3) is 2.03. The minimum Gasteiger partial charge on any atom is -0.481 e. The van der Waals surface area contributed by atoms with E-state index < -0.39 is 17.0 Å². The van der Waals surface area contributed by atoms with Crippen molar-refractivity contribution in [2.75, 3.05) is 0 Å². The average molecular weight is 212 g/mol. The molecule has 0 aromatic carbocycles. The number of carboxylic acid groups (broad SMARTS) is 1. The quantitative estimate of drug-likeness (QED) is 0.754.